The predicted molar refractivity (Wildman–Crippen MR) is 77.2 cm³/mol. The highest BCUT2D eigenvalue weighted by atomic mass is 35.5. The van der Waals surface area contributed by atoms with Crippen LogP contribution in [-0.4, -0.2) is 36.7 Å². The summed E-state index contributed by atoms with van der Waals surface area (Å²) < 4.78 is 0. The van der Waals surface area contributed by atoms with Gasteiger partial charge in [-0.3, -0.25) is 4.90 Å². The molecule has 1 aromatic rings. The summed E-state index contributed by atoms with van der Waals surface area (Å²) in [6, 6.07) is 5.71. The molecule has 1 saturated heterocycles. The van der Waals surface area contributed by atoms with Crippen LogP contribution in [-0.2, 0) is 6.42 Å². The number of nitrogens with zero attached hydrogens (tertiary/aromatic N) is 1. The summed E-state index contributed by atoms with van der Waals surface area (Å²) in [5, 5.41) is 4.50. The Morgan fingerprint density at radius 3 is 2.56 bits per heavy atom. The Balaban J connectivity index is 2.08. The first-order valence-electron chi connectivity index (χ1n) is 6.17. The number of hydrogen-bond donors (Lipinski definition) is 2. The molecule has 0 saturated carbocycles. The highest BCUT2D eigenvalue weighted by Crippen LogP contribution is 2.25. The summed E-state index contributed by atoms with van der Waals surface area (Å²) >= 11 is 12.0. The van der Waals surface area contributed by atoms with Crippen molar-refractivity contribution in [3.8, 4) is 0 Å². The normalized spacial score (nSPS) is 20.7. The summed E-state index contributed by atoms with van der Waals surface area (Å²) in [5.74, 6) is 0. The molecule has 100 valence electrons. The topological polar surface area (TPSA) is 41.3 Å². The largest absolute Gasteiger partial charge is 0.314 e. The number of hydrogen-bond acceptors (Lipinski definition) is 3. The van der Waals surface area contributed by atoms with E-state index in [9.17, 15) is 0 Å². The Kier molecular flexibility index (Phi) is 4.51. The summed E-state index contributed by atoms with van der Waals surface area (Å²) in [6.45, 7) is 6.02. The fourth-order valence-electron chi connectivity index (χ4n) is 2.35. The second-order valence-electron chi connectivity index (χ2n) is 5.02. The van der Waals surface area contributed by atoms with Crippen LogP contribution < -0.4 is 11.1 Å². The Morgan fingerprint density at radius 1 is 1.28 bits per heavy atom. The van der Waals surface area contributed by atoms with Crippen LogP contribution in [0.4, 0.5) is 0 Å². The molecule has 1 atom stereocenters. The molecule has 3 nitrogen and oxygen atoms in total. The van der Waals surface area contributed by atoms with Crippen molar-refractivity contribution in [1.82, 2.24) is 10.2 Å². The van der Waals surface area contributed by atoms with E-state index < -0.39 is 0 Å². The molecule has 1 aliphatic rings. The van der Waals surface area contributed by atoms with Crippen LogP contribution in [0.25, 0.3) is 0 Å². The van der Waals surface area contributed by atoms with E-state index in [4.69, 9.17) is 28.9 Å². The monoisotopic (exact) mass is 287 g/mol. The molecular weight excluding hydrogens is 269 g/mol. The van der Waals surface area contributed by atoms with Gasteiger partial charge in [-0.2, -0.15) is 0 Å². The van der Waals surface area contributed by atoms with E-state index in [0.717, 1.165) is 38.2 Å². The van der Waals surface area contributed by atoms with E-state index in [1.807, 2.05) is 18.2 Å². The predicted octanol–water partition coefficient (Wildman–Crippen LogP) is 2.12. The van der Waals surface area contributed by atoms with Gasteiger partial charge in [0, 0.05) is 32.6 Å². The molecule has 0 spiro atoms. The second-order valence-corrected chi connectivity index (χ2v) is 5.83. The molecule has 2 rings (SSSR count). The Morgan fingerprint density at radius 2 is 1.94 bits per heavy atom. The van der Waals surface area contributed by atoms with Gasteiger partial charge in [-0.25, -0.2) is 0 Å². The first-order valence-corrected chi connectivity index (χ1v) is 6.93. The molecule has 18 heavy (non-hydrogen) atoms. The van der Waals surface area contributed by atoms with Crippen LogP contribution in [0, 0.1) is 0 Å². The molecule has 1 unspecified atom stereocenters. The molecule has 1 aliphatic heterocycles. The lowest BCUT2D eigenvalue weighted by atomic mass is 9.99. The van der Waals surface area contributed by atoms with Gasteiger partial charge in [-0.1, -0.05) is 29.3 Å². The highest BCUT2D eigenvalue weighted by molar-refractivity contribution is 6.42. The van der Waals surface area contributed by atoms with Gasteiger partial charge in [0.25, 0.3) is 0 Å². The van der Waals surface area contributed by atoms with E-state index in [0.29, 0.717) is 10.0 Å². The fourth-order valence-corrected chi connectivity index (χ4v) is 2.67. The van der Waals surface area contributed by atoms with E-state index in [2.05, 4.69) is 17.1 Å². The number of halogens is 2. The van der Waals surface area contributed by atoms with E-state index in [1.165, 1.54) is 0 Å². The molecular formula is C13H19Cl2N3. The molecule has 0 radical (unpaired) electrons. The number of rotatable bonds is 3. The Bertz CT molecular complexity index is 415. The summed E-state index contributed by atoms with van der Waals surface area (Å²) in [6.07, 6.45) is 0.768. The van der Waals surface area contributed by atoms with Crippen molar-refractivity contribution in [1.29, 1.82) is 0 Å². The fraction of sp³-hybridized carbons (Fsp3) is 0.538. The minimum atomic E-state index is -0.348. The molecule has 0 aliphatic carbocycles. The number of nitrogens with one attached hydrogen (secondary N) is 1. The van der Waals surface area contributed by atoms with Crippen molar-refractivity contribution in [3.05, 3.63) is 33.8 Å². The summed E-state index contributed by atoms with van der Waals surface area (Å²) in [4.78, 5) is 2.31. The molecule has 5 heteroatoms. The summed E-state index contributed by atoms with van der Waals surface area (Å²) in [5.41, 5.74) is 7.20. The van der Waals surface area contributed by atoms with Crippen molar-refractivity contribution in [2.45, 2.75) is 19.0 Å². The third-order valence-corrected chi connectivity index (χ3v) is 4.12. The molecule has 0 amide bonds. The SMILES string of the molecule is CC(N)(Cc1ccc(Cl)c(Cl)c1)N1CCNCC1. The van der Waals surface area contributed by atoms with Crippen LogP contribution >= 0.6 is 23.2 Å². The van der Waals surface area contributed by atoms with E-state index in [-0.39, 0.29) is 5.66 Å². The van der Waals surface area contributed by atoms with Crippen molar-refractivity contribution in [3.63, 3.8) is 0 Å². The Hall–Kier alpha value is -0.320. The zero-order valence-corrected chi connectivity index (χ0v) is 12.1. The lowest BCUT2D eigenvalue weighted by Crippen LogP contribution is -2.60. The van der Waals surface area contributed by atoms with Crippen LogP contribution in [0.1, 0.15) is 12.5 Å². The average Bonchev–Trinajstić information content (AvgIpc) is 2.35. The lowest BCUT2D eigenvalue weighted by molar-refractivity contribution is 0.0932. The van der Waals surface area contributed by atoms with E-state index in [1.54, 1.807) is 0 Å². The third kappa shape index (κ3) is 3.37. The second kappa shape index (κ2) is 5.76. The number of piperazine rings is 1. The Labute approximate surface area is 118 Å². The zero-order valence-electron chi connectivity index (χ0n) is 10.5. The van der Waals surface area contributed by atoms with Gasteiger partial charge in [0.2, 0.25) is 0 Å². The van der Waals surface area contributed by atoms with Gasteiger partial charge in [0.05, 0.1) is 15.7 Å². The van der Waals surface area contributed by atoms with Crippen LogP contribution in [0.3, 0.4) is 0 Å². The number of benzene rings is 1. The van der Waals surface area contributed by atoms with Crippen molar-refractivity contribution in [2.24, 2.45) is 5.73 Å². The number of nitrogens with two attached hydrogens (primary N) is 1. The zero-order chi connectivity index (χ0) is 13.2. The van der Waals surface area contributed by atoms with Gasteiger partial charge in [0.1, 0.15) is 0 Å². The van der Waals surface area contributed by atoms with Gasteiger partial charge < -0.3 is 11.1 Å². The first kappa shape index (κ1) is 14.1. The third-order valence-electron chi connectivity index (χ3n) is 3.39. The highest BCUT2D eigenvalue weighted by Gasteiger charge is 2.28. The van der Waals surface area contributed by atoms with Gasteiger partial charge in [-0.05, 0) is 24.6 Å². The molecule has 0 aromatic heterocycles. The van der Waals surface area contributed by atoms with Gasteiger partial charge in [0.15, 0.2) is 0 Å². The van der Waals surface area contributed by atoms with Crippen molar-refractivity contribution >= 4 is 23.2 Å². The summed E-state index contributed by atoms with van der Waals surface area (Å²) in [7, 11) is 0. The quantitative estimate of drug-likeness (QED) is 0.895. The molecule has 0 bridgehead atoms. The molecule has 3 N–H and O–H groups in total. The van der Waals surface area contributed by atoms with Gasteiger partial charge >= 0.3 is 0 Å². The molecule has 1 heterocycles. The maximum atomic E-state index is 6.43. The maximum absolute atomic E-state index is 6.43. The lowest BCUT2D eigenvalue weighted by Gasteiger charge is -2.41. The van der Waals surface area contributed by atoms with Crippen LogP contribution in [0.2, 0.25) is 10.0 Å². The van der Waals surface area contributed by atoms with Crippen LogP contribution in [0.15, 0.2) is 18.2 Å². The maximum Gasteiger partial charge on any atom is 0.0700 e. The van der Waals surface area contributed by atoms with Crippen LogP contribution in [0.5, 0.6) is 0 Å². The van der Waals surface area contributed by atoms with Crippen molar-refractivity contribution < 1.29 is 0 Å². The average molecular weight is 288 g/mol. The van der Waals surface area contributed by atoms with Crippen molar-refractivity contribution in [2.75, 3.05) is 26.2 Å². The standard InChI is InChI=1S/C13H19Cl2N3/c1-13(16,18-6-4-17-5-7-18)9-10-2-3-11(14)12(15)8-10/h2-3,8,17H,4-7,9,16H2,1H3. The first-order chi connectivity index (χ1) is 8.49. The smallest absolute Gasteiger partial charge is 0.0700 e. The molecule has 1 fully saturated rings. The minimum absolute atomic E-state index is 0.348. The van der Waals surface area contributed by atoms with E-state index >= 15 is 0 Å². The molecule has 1 aromatic carbocycles. The minimum Gasteiger partial charge on any atom is -0.314 e. The van der Waals surface area contributed by atoms with Gasteiger partial charge in [-0.15, -0.1) is 0 Å².